The van der Waals surface area contributed by atoms with E-state index in [9.17, 15) is 27.5 Å². The molecular formula is C27H25ClF4O4S. The Hall–Kier alpha value is -2.78. The average molecular weight is 557 g/mol. The minimum Gasteiger partial charge on any atom is -0.497 e. The van der Waals surface area contributed by atoms with Gasteiger partial charge in [-0.2, -0.15) is 13.2 Å². The fourth-order valence-corrected chi connectivity index (χ4v) is 5.98. The lowest BCUT2D eigenvalue weighted by Crippen LogP contribution is -2.19. The Balaban J connectivity index is 1.69. The first-order valence-electron chi connectivity index (χ1n) is 11.7. The molecule has 37 heavy (non-hydrogen) atoms. The number of hydrogen-bond donors (Lipinski definition) is 1. The zero-order valence-electron chi connectivity index (χ0n) is 20.1. The van der Waals surface area contributed by atoms with Gasteiger partial charge in [0, 0.05) is 16.0 Å². The van der Waals surface area contributed by atoms with E-state index in [1.54, 1.807) is 18.2 Å². The monoisotopic (exact) mass is 556 g/mol. The summed E-state index contributed by atoms with van der Waals surface area (Å²) in [4.78, 5) is 11.4. The van der Waals surface area contributed by atoms with Crippen molar-refractivity contribution < 1.29 is 36.9 Å². The standard InChI is InChI=1S/C27H25ClF4O4S/c1-14(27(30,31)32)24-21(26(28)37-25(24)20-11-17(35-2)8-9-22(20)29)13-36-18-5-3-4-16(10-18)19(12-23(33)34)15-6-7-15/h3-5,8-11,14-15,19H,6-7,12-13H2,1-2H3,(H,33,34)/t14?,19-/m0/s1. The number of thiophene rings is 1. The van der Waals surface area contributed by atoms with Crippen LogP contribution in [-0.2, 0) is 11.4 Å². The fraction of sp³-hybridized carbons (Fsp3) is 0.370. The Labute approximate surface area is 220 Å². The highest BCUT2D eigenvalue weighted by atomic mass is 35.5. The summed E-state index contributed by atoms with van der Waals surface area (Å²) in [6, 6.07) is 10.8. The van der Waals surface area contributed by atoms with E-state index in [-0.39, 0.29) is 50.8 Å². The molecular weight excluding hydrogens is 532 g/mol. The van der Waals surface area contributed by atoms with E-state index in [1.165, 1.54) is 19.2 Å². The van der Waals surface area contributed by atoms with Gasteiger partial charge < -0.3 is 14.6 Å². The van der Waals surface area contributed by atoms with Crippen molar-refractivity contribution >= 4 is 28.9 Å². The van der Waals surface area contributed by atoms with Crippen LogP contribution in [0, 0.1) is 11.7 Å². The maximum atomic E-state index is 14.8. The predicted octanol–water partition coefficient (Wildman–Crippen LogP) is 8.43. The molecule has 10 heteroatoms. The Bertz CT molecular complexity index is 1290. The summed E-state index contributed by atoms with van der Waals surface area (Å²) in [6.45, 7) is 0.739. The first-order chi connectivity index (χ1) is 17.5. The average Bonchev–Trinajstić information content (AvgIpc) is 3.63. The molecule has 1 saturated carbocycles. The fourth-order valence-electron chi connectivity index (χ4n) is 4.44. The summed E-state index contributed by atoms with van der Waals surface area (Å²) < 4.78 is 67.6. The zero-order chi connectivity index (χ0) is 26.9. The number of halogens is 5. The molecule has 4 nitrogen and oxygen atoms in total. The van der Waals surface area contributed by atoms with Crippen molar-refractivity contribution in [1.29, 1.82) is 0 Å². The van der Waals surface area contributed by atoms with Gasteiger partial charge in [-0.15, -0.1) is 11.3 Å². The van der Waals surface area contributed by atoms with E-state index >= 15 is 0 Å². The summed E-state index contributed by atoms with van der Waals surface area (Å²) in [7, 11) is 1.38. The predicted molar refractivity (Wildman–Crippen MR) is 134 cm³/mol. The highest BCUT2D eigenvalue weighted by Crippen LogP contribution is 2.49. The third-order valence-electron chi connectivity index (χ3n) is 6.60. The maximum Gasteiger partial charge on any atom is 0.395 e. The van der Waals surface area contributed by atoms with Gasteiger partial charge in [0.05, 0.1) is 19.4 Å². The van der Waals surface area contributed by atoms with Crippen LogP contribution in [0.2, 0.25) is 4.34 Å². The van der Waals surface area contributed by atoms with Crippen LogP contribution >= 0.6 is 22.9 Å². The van der Waals surface area contributed by atoms with Gasteiger partial charge in [0.25, 0.3) is 0 Å². The number of methoxy groups -OCH3 is 1. The van der Waals surface area contributed by atoms with Gasteiger partial charge in [0.1, 0.15) is 28.3 Å². The third kappa shape index (κ3) is 6.21. The van der Waals surface area contributed by atoms with Crippen LogP contribution in [0.15, 0.2) is 42.5 Å². The second kappa shape index (κ2) is 10.9. The highest BCUT2D eigenvalue weighted by molar-refractivity contribution is 7.19. The quantitative estimate of drug-likeness (QED) is 0.255. The Morgan fingerprint density at radius 2 is 1.92 bits per heavy atom. The molecule has 3 aromatic rings. The molecule has 1 aliphatic rings. The number of alkyl halides is 3. The van der Waals surface area contributed by atoms with Crippen LogP contribution in [0.5, 0.6) is 11.5 Å². The SMILES string of the molecule is COc1ccc(F)c(-c2sc(Cl)c(COc3cccc([C@@H](CC(=O)O)C4CC4)c3)c2C(C)C(F)(F)F)c1. The summed E-state index contributed by atoms with van der Waals surface area (Å²) >= 11 is 7.29. The van der Waals surface area contributed by atoms with Crippen LogP contribution in [-0.4, -0.2) is 24.4 Å². The molecule has 1 aliphatic carbocycles. The topological polar surface area (TPSA) is 55.8 Å². The summed E-state index contributed by atoms with van der Waals surface area (Å²) in [5.41, 5.74) is 0.754. The van der Waals surface area contributed by atoms with E-state index in [0.29, 0.717) is 11.5 Å². The Morgan fingerprint density at radius 1 is 1.19 bits per heavy atom. The van der Waals surface area contributed by atoms with Crippen LogP contribution in [0.3, 0.4) is 0 Å². The summed E-state index contributed by atoms with van der Waals surface area (Å²) in [5.74, 6) is -2.71. The van der Waals surface area contributed by atoms with Crippen molar-refractivity contribution in [3.63, 3.8) is 0 Å². The first-order valence-corrected chi connectivity index (χ1v) is 12.8. The molecule has 0 aliphatic heterocycles. The van der Waals surface area contributed by atoms with Gasteiger partial charge in [0.2, 0.25) is 0 Å². The van der Waals surface area contributed by atoms with Crippen molar-refractivity contribution in [1.82, 2.24) is 0 Å². The Kier molecular flexibility index (Phi) is 8.04. The zero-order valence-corrected chi connectivity index (χ0v) is 21.6. The number of benzene rings is 2. The van der Waals surface area contributed by atoms with Gasteiger partial charge >= 0.3 is 12.1 Å². The van der Waals surface area contributed by atoms with Crippen molar-refractivity contribution in [2.45, 2.75) is 50.8 Å². The van der Waals surface area contributed by atoms with Crippen LogP contribution in [0.4, 0.5) is 17.6 Å². The molecule has 1 fully saturated rings. The molecule has 0 spiro atoms. The molecule has 1 unspecified atom stereocenters. The second-order valence-corrected chi connectivity index (χ2v) is 10.7. The number of aliphatic carboxylic acids is 1. The number of rotatable bonds is 10. The normalized spacial score (nSPS) is 15.3. The molecule has 0 bridgehead atoms. The van der Waals surface area contributed by atoms with Crippen molar-refractivity contribution in [3.8, 4) is 21.9 Å². The minimum absolute atomic E-state index is 0.00676. The lowest BCUT2D eigenvalue weighted by atomic mass is 9.91. The van der Waals surface area contributed by atoms with E-state index < -0.39 is 23.9 Å². The molecule has 1 N–H and O–H groups in total. The molecule has 0 amide bonds. The van der Waals surface area contributed by atoms with Gasteiger partial charge in [-0.3, -0.25) is 4.79 Å². The number of carbonyl (C=O) groups is 1. The molecule has 1 aromatic heterocycles. The number of hydrogen-bond acceptors (Lipinski definition) is 4. The van der Waals surface area contributed by atoms with E-state index in [2.05, 4.69) is 0 Å². The summed E-state index contributed by atoms with van der Waals surface area (Å²) in [6.07, 6.45) is -2.70. The number of ether oxygens (including phenoxy) is 2. The van der Waals surface area contributed by atoms with Crippen LogP contribution in [0.1, 0.15) is 54.7 Å². The Morgan fingerprint density at radius 3 is 2.54 bits per heavy atom. The lowest BCUT2D eigenvalue weighted by Gasteiger charge is -2.20. The third-order valence-corrected chi connectivity index (χ3v) is 8.12. The van der Waals surface area contributed by atoms with Crippen molar-refractivity contribution in [3.05, 3.63) is 69.3 Å². The molecule has 2 aromatic carbocycles. The van der Waals surface area contributed by atoms with Gasteiger partial charge in [-0.1, -0.05) is 23.7 Å². The summed E-state index contributed by atoms with van der Waals surface area (Å²) in [5, 5.41) is 9.30. The van der Waals surface area contributed by atoms with Gasteiger partial charge in [-0.25, -0.2) is 4.39 Å². The maximum absolute atomic E-state index is 14.8. The highest BCUT2D eigenvalue weighted by Gasteiger charge is 2.41. The molecule has 1 heterocycles. The second-order valence-electron chi connectivity index (χ2n) is 9.11. The molecule has 4 rings (SSSR count). The smallest absolute Gasteiger partial charge is 0.395 e. The minimum atomic E-state index is -4.60. The molecule has 0 saturated heterocycles. The lowest BCUT2D eigenvalue weighted by molar-refractivity contribution is -0.146. The molecule has 198 valence electrons. The van der Waals surface area contributed by atoms with E-state index in [1.807, 2.05) is 6.07 Å². The molecule has 2 atom stereocenters. The van der Waals surface area contributed by atoms with Crippen LogP contribution in [0.25, 0.3) is 10.4 Å². The number of carboxylic acid groups (broad SMARTS) is 1. The molecule has 0 radical (unpaired) electrons. The van der Waals surface area contributed by atoms with Crippen LogP contribution < -0.4 is 9.47 Å². The largest absolute Gasteiger partial charge is 0.497 e. The van der Waals surface area contributed by atoms with Crippen molar-refractivity contribution in [2.75, 3.05) is 7.11 Å². The van der Waals surface area contributed by atoms with E-state index in [0.717, 1.165) is 42.7 Å². The number of carboxylic acids is 1. The van der Waals surface area contributed by atoms with E-state index in [4.69, 9.17) is 21.1 Å². The van der Waals surface area contributed by atoms with Gasteiger partial charge in [-0.05, 0) is 73.1 Å². The van der Waals surface area contributed by atoms with Gasteiger partial charge in [0.15, 0.2) is 0 Å². The van der Waals surface area contributed by atoms with Crippen molar-refractivity contribution in [2.24, 2.45) is 5.92 Å². The first kappa shape index (κ1) is 27.3.